The minimum atomic E-state index is -1.20. The highest BCUT2D eigenvalue weighted by molar-refractivity contribution is 5.57. The Bertz CT molecular complexity index is 1150. The van der Waals surface area contributed by atoms with E-state index in [0.717, 1.165) is 30.7 Å². The summed E-state index contributed by atoms with van der Waals surface area (Å²) in [5.74, 6) is 1.09. The number of hydrogen-bond donors (Lipinski definition) is 2. The van der Waals surface area contributed by atoms with E-state index in [1.165, 1.54) is 16.7 Å². The summed E-state index contributed by atoms with van der Waals surface area (Å²) >= 11 is 0. The lowest BCUT2D eigenvalue weighted by atomic mass is 9.69. The number of aryl methyl sites for hydroxylation is 1. The first-order valence-corrected chi connectivity index (χ1v) is 13.2. The van der Waals surface area contributed by atoms with E-state index in [9.17, 15) is 9.90 Å². The van der Waals surface area contributed by atoms with E-state index in [-0.39, 0.29) is 30.0 Å². The van der Waals surface area contributed by atoms with Crippen molar-refractivity contribution in [1.82, 2.24) is 10.2 Å². The van der Waals surface area contributed by atoms with Gasteiger partial charge in [-0.25, -0.2) is 4.79 Å². The van der Waals surface area contributed by atoms with Crippen LogP contribution in [0.5, 0.6) is 5.75 Å². The molecule has 3 saturated heterocycles. The van der Waals surface area contributed by atoms with Crippen LogP contribution < -0.4 is 10.1 Å². The van der Waals surface area contributed by atoms with E-state index in [1.807, 2.05) is 6.07 Å². The number of carboxylic acid groups (broad SMARTS) is 1. The molecule has 2 unspecified atom stereocenters. The molecule has 3 aliphatic rings. The van der Waals surface area contributed by atoms with Crippen LogP contribution in [0, 0.1) is 5.92 Å². The van der Waals surface area contributed by atoms with Crippen molar-refractivity contribution in [2.75, 3.05) is 20.2 Å². The summed E-state index contributed by atoms with van der Waals surface area (Å²) < 4.78 is 11.1. The van der Waals surface area contributed by atoms with E-state index in [1.54, 1.807) is 7.11 Å². The highest BCUT2D eigenvalue weighted by Gasteiger charge is 2.51. The topological polar surface area (TPSA) is 71.0 Å². The van der Waals surface area contributed by atoms with Gasteiger partial charge in [0.25, 0.3) is 0 Å². The molecule has 3 aromatic rings. The SMILES string of the molecule is CCc1ccc(OC)c(CN[C@H]2C3CCN(C[C@@H]3OC(=O)O)[C@H]2C(c2ccccc2)c2ccccc2)c1. The Hall–Kier alpha value is -3.35. The summed E-state index contributed by atoms with van der Waals surface area (Å²) in [5.41, 5.74) is 4.91. The summed E-state index contributed by atoms with van der Waals surface area (Å²) in [6.07, 6.45) is 0.303. The Labute approximate surface area is 219 Å². The van der Waals surface area contributed by atoms with Crippen LogP contribution in [0.4, 0.5) is 4.79 Å². The van der Waals surface area contributed by atoms with Crippen LogP contribution in [0.15, 0.2) is 78.9 Å². The highest BCUT2D eigenvalue weighted by Crippen LogP contribution is 2.43. The Morgan fingerprint density at radius 3 is 2.32 bits per heavy atom. The molecule has 3 fully saturated rings. The molecule has 6 nitrogen and oxygen atoms in total. The summed E-state index contributed by atoms with van der Waals surface area (Å²) in [5, 5.41) is 13.3. The first-order chi connectivity index (χ1) is 18.1. The maximum atomic E-state index is 11.6. The fraction of sp³-hybridized carbons (Fsp3) is 0.387. The second-order valence-electron chi connectivity index (χ2n) is 10.1. The molecule has 3 aromatic carbocycles. The predicted octanol–water partition coefficient (Wildman–Crippen LogP) is 5.32. The van der Waals surface area contributed by atoms with Gasteiger partial charge in [-0.2, -0.15) is 0 Å². The number of fused-ring (bicyclic) bond motifs is 3. The molecule has 2 bridgehead atoms. The van der Waals surface area contributed by atoms with E-state index in [0.29, 0.717) is 13.1 Å². The van der Waals surface area contributed by atoms with Crippen LogP contribution in [0.25, 0.3) is 0 Å². The van der Waals surface area contributed by atoms with Gasteiger partial charge >= 0.3 is 6.16 Å². The highest BCUT2D eigenvalue weighted by atomic mass is 16.7. The molecular formula is C31H36N2O4. The van der Waals surface area contributed by atoms with Gasteiger partial charge in [0.05, 0.1) is 7.11 Å². The summed E-state index contributed by atoms with van der Waals surface area (Å²) in [6.45, 7) is 4.33. The quantitative estimate of drug-likeness (QED) is 0.388. The van der Waals surface area contributed by atoms with Gasteiger partial charge in [-0.05, 0) is 42.1 Å². The summed E-state index contributed by atoms with van der Waals surface area (Å²) in [7, 11) is 1.71. The molecule has 3 heterocycles. The third-order valence-electron chi connectivity index (χ3n) is 8.08. The molecule has 37 heavy (non-hydrogen) atoms. The lowest BCUT2D eigenvalue weighted by molar-refractivity contribution is -0.0951. The Balaban J connectivity index is 1.53. The average molecular weight is 501 g/mol. The zero-order valence-corrected chi connectivity index (χ0v) is 21.5. The van der Waals surface area contributed by atoms with Crippen molar-refractivity contribution in [3.05, 3.63) is 101 Å². The summed E-state index contributed by atoms with van der Waals surface area (Å²) in [4.78, 5) is 14.0. The largest absolute Gasteiger partial charge is 0.506 e. The molecule has 0 aromatic heterocycles. The maximum absolute atomic E-state index is 11.6. The molecule has 3 aliphatic heterocycles. The third kappa shape index (κ3) is 5.36. The monoisotopic (exact) mass is 500 g/mol. The van der Waals surface area contributed by atoms with Crippen LogP contribution in [0.3, 0.4) is 0 Å². The molecule has 5 atom stereocenters. The van der Waals surface area contributed by atoms with Crippen molar-refractivity contribution in [1.29, 1.82) is 0 Å². The van der Waals surface area contributed by atoms with Crippen LogP contribution >= 0.6 is 0 Å². The zero-order valence-electron chi connectivity index (χ0n) is 21.5. The Kier molecular flexibility index (Phi) is 7.77. The normalized spacial score (nSPS) is 24.7. The minimum Gasteiger partial charge on any atom is -0.496 e. The fourth-order valence-corrected chi connectivity index (χ4v) is 6.39. The molecule has 194 valence electrons. The molecular weight excluding hydrogens is 464 g/mol. The first-order valence-electron chi connectivity index (χ1n) is 13.2. The van der Waals surface area contributed by atoms with Crippen molar-refractivity contribution in [3.8, 4) is 5.75 Å². The lowest BCUT2D eigenvalue weighted by Crippen LogP contribution is -2.69. The smallest absolute Gasteiger partial charge is 0.496 e. The van der Waals surface area contributed by atoms with Crippen molar-refractivity contribution in [2.45, 2.75) is 50.4 Å². The van der Waals surface area contributed by atoms with Crippen LogP contribution in [0.2, 0.25) is 0 Å². The Morgan fingerprint density at radius 1 is 1.05 bits per heavy atom. The predicted molar refractivity (Wildman–Crippen MR) is 144 cm³/mol. The average Bonchev–Trinajstić information content (AvgIpc) is 2.93. The van der Waals surface area contributed by atoms with E-state index in [4.69, 9.17) is 9.47 Å². The molecule has 0 radical (unpaired) electrons. The maximum Gasteiger partial charge on any atom is 0.506 e. The lowest BCUT2D eigenvalue weighted by Gasteiger charge is -2.56. The van der Waals surface area contributed by atoms with Gasteiger partial charge in [0.1, 0.15) is 11.9 Å². The minimum absolute atomic E-state index is 0.0345. The molecule has 0 aliphatic carbocycles. The van der Waals surface area contributed by atoms with Crippen molar-refractivity contribution >= 4 is 6.16 Å². The number of ether oxygens (including phenoxy) is 2. The molecule has 0 amide bonds. The van der Waals surface area contributed by atoms with Crippen molar-refractivity contribution in [2.24, 2.45) is 5.92 Å². The van der Waals surface area contributed by atoms with Gasteiger partial charge < -0.3 is 19.9 Å². The molecule has 6 rings (SSSR count). The van der Waals surface area contributed by atoms with Crippen LogP contribution in [-0.2, 0) is 17.7 Å². The van der Waals surface area contributed by atoms with Gasteiger partial charge in [0.15, 0.2) is 0 Å². The molecule has 2 N–H and O–H groups in total. The Morgan fingerprint density at radius 2 is 1.73 bits per heavy atom. The van der Waals surface area contributed by atoms with Crippen molar-refractivity contribution in [3.63, 3.8) is 0 Å². The van der Waals surface area contributed by atoms with Gasteiger partial charge in [-0.3, -0.25) is 4.90 Å². The second-order valence-corrected chi connectivity index (χ2v) is 10.1. The number of benzene rings is 3. The zero-order chi connectivity index (χ0) is 25.8. The number of rotatable bonds is 9. The first kappa shape index (κ1) is 25.3. The number of methoxy groups -OCH3 is 1. The van der Waals surface area contributed by atoms with Gasteiger partial charge in [0.2, 0.25) is 0 Å². The van der Waals surface area contributed by atoms with E-state index in [2.05, 4.69) is 89.9 Å². The number of nitrogens with one attached hydrogen (secondary N) is 1. The molecule has 0 spiro atoms. The number of hydrogen-bond acceptors (Lipinski definition) is 5. The standard InChI is InChI=1S/C31H36N2O4/c1-3-21-14-15-26(36-2)24(18-21)19-32-29-25-16-17-33(20-27(25)37-31(34)35)30(29)28(22-10-6-4-7-11-22)23-12-8-5-9-13-23/h4-15,18,25,27-30,32H,3,16-17,19-20H2,1-2H3,(H,34,35)/t25?,27-,29-,30-/m0/s1. The molecule has 6 heteroatoms. The number of carbonyl (C=O) groups is 1. The second kappa shape index (κ2) is 11.4. The van der Waals surface area contributed by atoms with Gasteiger partial charge in [0, 0.05) is 42.6 Å². The number of nitrogens with zero attached hydrogens (tertiary/aromatic N) is 1. The fourth-order valence-electron chi connectivity index (χ4n) is 6.39. The number of piperidine rings is 3. The van der Waals surface area contributed by atoms with Crippen LogP contribution in [0.1, 0.15) is 41.5 Å². The third-order valence-corrected chi connectivity index (χ3v) is 8.08. The van der Waals surface area contributed by atoms with Crippen molar-refractivity contribution < 1.29 is 19.4 Å². The van der Waals surface area contributed by atoms with E-state index < -0.39 is 6.16 Å². The van der Waals surface area contributed by atoms with Crippen LogP contribution in [-0.4, -0.2) is 54.5 Å². The van der Waals surface area contributed by atoms with Gasteiger partial charge in [-0.1, -0.05) is 79.7 Å². The summed E-state index contributed by atoms with van der Waals surface area (Å²) in [6, 6.07) is 27.9. The molecule has 0 saturated carbocycles. The van der Waals surface area contributed by atoms with Gasteiger partial charge in [-0.15, -0.1) is 0 Å². The van der Waals surface area contributed by atoms with E-state index >= 15 is 0 Å².